The first-order valence-corrected chi connectivity index (χ1v) is 8.44. The number of carbonyl (C=O) groups is 1. The van der Waals surface area contributed by atoms with E-state index in [4.69, 9.17) is 9.47 Å². The zero-order valence-corrected chi connectivity index (χ0v) is 13.9. The summed E-state index contributed by atoms with van der Waals surface area (Å²) >= 11 is 0. The molecule has 2 heterocycles. The molecule has 3 rings (SSSR count). The second kappa shape index (κ2) is 7.21. The summed E-state index contributed by atoms with van der Waals surface area (Å²) < 4.78 is 10.6. The molecule has 2 unspecified atom stereocenters. The van der Waals surface area contributed by atoms with Gasteiger partial charge in [-0.25, -0.2) is 0 Å². The summed E-state index contributed by atoms with van der Waals surface area (Å²) in [5.74, 6) is 1.72. The van der Waals surface area contributed by atoms with Crippen LogP contribution in [0.4, 0.5) is 0 Å². The van der Waals surface area contributed by atoms with Crippen LogP contribution in [0.3, 0.4) is 0 Å². The van der Waals surface area contributed by atoms with E-state index in [1.165, 1.54) is 12.8 Å². The highest BCUT2D eigenvalue weighted by molar-refractivity contribution is 5.76. The Hall–Kier alpha value is -1.75. The van der Waals surface area contributed by atoms with Crippen molar-refractivity contribution in [1.29, 1.82) is 0 Å². The van der Waals surface area contributed by atoms with Gasteiger partial charge in [0.2, 0.25) is 5.91 Å². The van der Waals surface area contributed by atoms with Gasteiger partial charge < -0.3 is 20.1 Å². The van der Waals surface area contributed by atoms with Crippen molar-refractivity contribution >= 4 is 5.91 Å². The summed E-state index contributed by atoms with van der Waals surface area (Å²) in [5, 5.41) is 6.80. The molecular weight excluding hydrogens is 292 g/mol. The minimum Gasteiger partial charge on any atom is -0.497 e. The van der Waals surface area contributed by atoms with E-state index in [1.807, 2.05) is 18.2 Å². The Labute approximate surface area is 137 Å². The van der Waals surface area contributed by atoms with E-state index >= 15 is 0 Å². The van der Waals surface area contributed by atoms with Crippen molar-refractivity contribution in [2.75, 3.05) is 14.2 Å². The van der Waals surface area contributed by atoms with E-state index in [2.05, 4.69) is 10.6 Å². The number of rotatable bonds is 6. The van der Waals surface area contributed by atoms with E-state index in [0.717, 1.165) is 29.9 Å². The number of nitrogens with one attached hydrogen (secondary N) is 2. The molecule has 0 radical (unpaired) electrons. The maximum absolute atomic E-state index is 12.3. The molecule has 2 fully saturated rings. The van der Waals surface area contributed by atoms with Gasteiger partial charge >= 0.3 is 0 Å². The van der Waals surface area contributed by atoms with Gasteiger partial charge in [-0.05, 0) is 55.9 Å². The summed E-state index contributed by atoms with van der Waals surface area (Å²) in [5.41, 5.74) is 1.01. The molecule has 0 spiro atoms. The molecule has 2 aliphatic rings. The maximum Gasteiger partial charge on any atom is 0.220 e. The van der Waals surface area contributed by atoms with Crippen LogP contribution in [0.5, 0.6) is 11.5 Å². The van der Waals surface area contributed by atoms with Crippen LogP contribution in [0.2, 0.25) is 0 Å². The quantitative estimate of drug-likeness (QED) is 0.843. The molecular formula is C18H26N2O3. The molecule has 1 aromatic carbocycles. The van der Waals surface area contributed by atoms with Gasteiger partial charge in [-0.3, -0.25) is 4.79 Å². The van der Waals surface area contributed by atoms with E-state index in [1.54, 1.807) is 14.2 Å². The zero-order chi connectivity index (χ0) is 16.2. The fraction of sp³-hybridized carbons (Fsp3) is 0.611. The molecule has 1 amide bonds. The summed E-state index contributed by atoms with van der Waals surface area (Å²) in [6.45, 7) is 0. The lowest BCUT2D eigenvalue weighted by Gasteiger charge is -2.29. The molecule has 0 aliphatic carbocycles. The summed E-state index contributed by atoms with van der Waals surface area (Å²) in [7, 11) is 3.29. The first-order valence-electron chi connectivity index (χ1n) is 8.44. The highest BCUT2D eigenvalue weighted by Crippen LogP contribution is 2.27. The number of benzene rings is 1. The van der Waals surface area contributed by atoms with Crippen molar-refractivity contribution in [2.24, 2.45) is 0 Å². The lowest BCUT2D eigenvalue weighted by atomic mass is 9.99. The Kier molecular flexibility index (Phi) is 5.06. The number of carbonyl (C=O) groups excluding carboxylic acids is 1. The molecule has 5 nitrogen and oxygen atoms in total. The predicted octanol–water partition coefficient (Wildman–Crippen LogP) is 2.04. The van der Waals surface area contributed by atoms with Crippen LogP contribution in [-0.2, 0) is 11.2 Å². The number of hydrogen-bond donors (Lipinski definition) is 2. The SMILES string of the molecule is COc1ccc(OC)c(CCC(=O)NC2CC3CCC(C2)N3)c1. The summed E-state index contributed by atoms with van der Waals surface area (Å²) in [6, 6.07) is 7.21. The fourth-order valence-electron chi connectivity index (χ4n) is 3.80. The van der Waals surface area contributed by atoms with Gasteiger partial charge in [0, 0.05) is 24.5 Å². The molecule has 5 heteroatoms. The van der Waals surface area contributed by atoms with Gasteiger partial charge in [0.25, 0.3) is 0 Å². The second-order valence-electron chi connectivity index (χ2n) is 6.55. The van der Waals surface area contributed by atoms with E-state index in [-0.39, 0.29) is 5.91 Å². The van der Waals surface area contributed by atoms with Gasteiger partial charge in [-0.15, -0.1) is 0 Å². The van der Waals surface area contributed by atoms with Gasteiger partial charge in [0.05, 0.1) is 14.2 Å². The lowest BCUT2D eigenvalue weighted by molar-refractivity contribution is -0.122. The Balaban J connectivity index is 1.52. The maximum atomic E-state index is 12.3. The van der Waals surface area contributed by atoms with Crippen LogP contribution in [0.25, 0.3) is 0 Å². The predicted molar refractivity (Wildman–Crippen MR) is 89.0 cm³/mol. The van der Waals surface area contributed by atoms with Gasteiger partial charge in [-0.2, -0.15) is 0 Å². The van der Waals surface area contributed by atoms with Crippen molar-refractivity contribution in [2.45, 2.75) is 56.7 Å². The number of aryl methyl sites for hydroxylation is 1. The van der Waals surface area contributed by atoms with E-state index < -0.39 is 0 Å². The Morgan fingerprint density at radius 3 is 2.61 bits per heavy atom. The lowest BCUT2D eigenvalue weighted by Crippen LogP contribution is -2.48. The number of hydrogen-bond acceptors (Lipinski definition) is 4. The van der Waals surface area contributed by atoms with Crippen molar-refractivity contribution in [3.05, 3.63) is 23.8 Å². The van der Waals surface area contributed by atoms with Crippen molar-refractivity contribution in [3.63, 3.8) is 0 Å². The van der Waals surface area contributed by atoms with E-state index in [0.29, 0.717) is 31.0 Å². The molecule has 2 atom stereocenters. The molecule has 126 valence electrons. The van der Waals surface area contributed by atoms with Crippen LogP contribution in [-0.4, -0.2) is 38.3 Å². The zero-order valence-electron chi connectivity index (χ0n) is 13.9. The fourth-order valence-corrected chi connectivity index (χ4v) is 3.80. The Bertz CT molecular complexity index is 549. The highest BCUT2D eigenvalue weighted by Gasteiger charge is 2.33. The Morgan fingerprint density at radius 1 is 1.22 bits per heavy atom. The van der Waals surface area contributed by atoms with Crippen LogP contribution in [0, 0.1) is 0 Å². The molecule has 2 N–H and O–H groups in total. The number of methoxy groups -OCH3 is 2. The largest absolute Gasteiger partial charge is 0.497 e. The minimum absolute atomic E-state index is 0.126. The molecule has 0 saturated carbocycles. The average Bonchev–Trinajstić information content (AvgIpc) is 2.91. The standard InChI is InChI=1S/C18H26N2O3/c1-22-16-6-7-17(23-2)12(9-16)3-8-18(21)20-15-10-13-4-5-14(11-15)19-13/h6-7,9,13-15,19H,3-5,8,10-11H2,1-2H3,(H,20,21). The third kappa shape index (κ3) is 3.96. The number of piperidine rings is 1. The molecule has 2 saturated heterocycles. The molecule has 0 aromatic heterocycles. The number of amides is 1. The molecule has 2 bridgehead atoms. The first-order chi connectivity index (χ1) is 11.2. The number of fused-ring (bicyclic) bond motifs is 2. The van der Waals surface area contributed by atoms with Crippen LogP contribution in [0.1, 0.15) is 37.7 Å². The van der Waals surface area contributed by atoms with Gasteiger partial charge in [0.15, 0.2) is 0 Å². The smallest absolute Gasteiger partial charge is 0.220 e. The highest BCUT2D eigenvalue weighted by atomic mass is 16.5. The van der Waals surface area contributed by atoms with Crippen molar-refractivity contribution < 1.29 is 14.3 Å². The van der Waals surface area contributed by atoms with E-state index in [9.17, 15) is 4.79 Å². The monoisotopic (exact) mass is 318 g/mol. The first kappa shape index (κ1) is 16.1. The van der Waals surface area contributed by atoms with Crippen LogP contribution >= 0.6 is 0 Å². The molecule has 2 aliphatic heterocycles. The van der Waals surface area contributed by atoms with Crippen molar-refractivity contribution in [3.8, 4) is 11.5 Å². The molecule has 23 heavy (non-hydrogen) atoms. The summed E-state index contributed by atoms with van der Waals surface area (Å²) in [4.78, 5) is 12.3. The van der Waals surface area contributed by atoms with Crippen molar-refractivity contribution in [1.82, 2.24) is 10.6 Å². The second-order valence-corrected chi connectivity index (χ2v) is 6.55. The minimum atomic E-state index is 0.126. The summed E-state index contributed by atoms with van der Waals surface area (Å²) in [6.07, 6.45) is 5.75. The topological polar surface area (TPSA) is 59.6 Å². The average molecular weight is 318 g/mol. The van der Waals surface area contributed by atoms with Gasteiger partial charge in [0.1, 0.15) is 11.5 Å². The number of ether oxygens (including phenoxy) is 2. The third-order valence-corrected chi connectivity index (χ3v) is 4.95. The Morgan fingerprint density at radius 2 is 1.96 bits per heavy atom. The normalized spacial score (nSPS) is 25.9. The van der Waals surface area contributed by atoms with Crippen LogP contribution in [0.15, 0.2) is 18.2 Å². The van der Waals surface area contributed by atoms with Crippen LogP contribution < -0.4 is 20.1 Å². The van der Waals surface area contributed by atoms with Gasteiger partial charge in [-0.1, -0.05) is 0 Å². The molecule has 1 aromatic rings. The third-order valence-electron chi connectivity index (χ3n) is 4.95.